The van der Waals surface area contributed by atoms with Gasteiger partial charge < -0.3 is 9.80 Å². The van der Waals surface area contributed by atoms with E-state index in [2.05, 4.69) is 64.4 Å². The molecule has 6 nitrogen and oxygen atoms in total. The van der Waals surface area contributed by atoms with E-state index in [0.717, 1.165) is 60.5 Å². The standard InChI is InChI=1S/C32H35N5OS/c1-3-35(2)31(38)28-16-10-13-26(21-28)24-39-32-33-29(27-14-8-5-9-15-27)22-30(34-32)37-19-17-36(18-20-37)23-25-11-6-4-7-12-25/h4-16,21-22H,3,17-20,23-24H2,1-2H3. The van der Waals surface area contributed by atoms with E-state index in [9.17, 15) is 4.79 Å². The summed E-state index contributed by atoms with van der Waals surface area (Å²) >= 11 is 1.61. The summed E-state index contributed by atoms with van der Waals surface area (Å²) in [7, 11) is 1.83. The largest absolute Gasteiger partial charge is 0.354 e. The molecule has 7 heteroatoms. The van der Waals surface area contributed by atoms with Gasteiger partial charge in [-0.1, -0.05) is 84.6 Å². The lowest BCUT2D eigenvalue weighted by atomic mass is 10.1. The Morgan fingerprint density at radius 3 is 2.26 bits per heavy atom. The maximum Gasteiger partial charge on any atom is 0.253 e. The Bertz CT molecular complexity index is 1370. The molecule has 1 amide bonds. The van der Waals surface area contributed by atoms with E-state index in [1.807, 2.05) is 50.4 Å². The molecule has 4 aromatic rings. The van der Waals surface area contributed by atoms with Crippen LogP contribution in [0.2, 0.25) is 0 Å². The Morgan fingerprint density at radius 1 is 0.846 bits per heavy atom. The van der Waals surface area contributed by atoms with Crippen LogP contribution in [0.5, 0.6) is 0 Å². The molecule has 0 atom stereocenters. The second-order valence-electron chi connectivity index (χ2n) is 9.82. The number of anilines is 1. The van der Waals surface area contributed by atoms with Gasteiger partial charge >= 0.3 is 0 Å². The van der Waals surface area contributed by atoms with Crippen molar-refractivity contribution in [2.45, 2.75) is 24.4 Å². The number of amides is 1. The summed E-state index contributed by atoms with van der Waals surface area (Å²) in [6.07, 6.45) is 0. The lowest BCUT2D eigenvalue weighted by Crippen LogP contribution is -2.46. The second-order valence-corrected chi connectivity index (χ2v) is 10.8. The number of hydrogen-bond acceptors (Lipinski definition) is 6. The van der Waals surface area contributed by atoms with Crippen molar-refractivity contribution in [1.29, 1.82) is 0 Å². The average Bonchev–Trinajstić information content (AvgIpc) is 3.00. The number of hydrogen-bond donors (Lipinski definition) is 0. The van der Waals surface area contributed by atoms with Crippen molar-refractivity contribution in [2.75, 3.05) is 44.7 Å². The summed E-state index contributed by atoms with van der Waals surface area (Å²) in [5.74, 6) is 1.71. The maximum absolute atomic E-state index is 12.6. The second kappa shape index (κ2) is 12.9. The van der Waals surface area contributed by atoms with Crippen LogP contribution >= 0.6 is 11.8 Å². The molecule has 39 heavy (non-hydrogen) atoms. The number of nitrogens with zero attached hydrogens (tertiary/aromatic N) is 5. The van der Waals surface area contributed by atoms with E-state index in [0.29, 0.717) is 17.9 Å². The first-order valence-corrected chi connectivity index (χ1v) is 14.5. The number of aromatic nitrogens is 2. The van der Waals surface area contributed by atoms with E-state index in [4.69, 9.17) is 9.97 Å². The van der Waals surface area contributed by atoms with Crippen molar-refractivity contribution in [2.24, 2.45) is 0 Å². The minimum absolute atomic E-state index is 0.0420. The van der Waals surface area contributed by atoms with Gasteiger partial charge in [0.1, 0.15) is 5.82 Å². The Kier molecular flexibility index (Phi) is 8.91. The van der Waals surface area contributed by atoms with Gasteiger partial charge in [0.2, 0.25) is 0 Å². The normalized spacial score (nSPS) is 13.8. The highest BCUT2D eigenvalue weighted by Gasteiger charge is 2.20. The highest BCUT2D eigenvalue weighted by molar-refractivity contribution is 7.98. The Morgan fingerprint density at radius 2 is 1.54 bits per heavy atom. The fraction of sp³-hybridized carbons (Fsp3) is 0.281. The van der Waals surface area contributed by atoms with E-state index in [1.165, 1.54) is 5.56 Å². The van der Waals surface area contributed by atoms with Crippen LogP contribution in [0.25, 0.3) is 11.3 Å². The smallest absolute Gasteiger partial charge is 0.253 e. The third-order valence-electron chi connectivity index (χ3n) is 7.07. The van der Waals surface area contributed by atoms with Crippen molar-refractivity contribution in [1.82, 2.24) is 19.8 Å². The Balaban J connectivity index is 1.32. The molecule has 1 aliphatic rings. The third kappa shape index (κ3) is 7.05. The van der Waals surface area contributed by atoms with Crippen LogP contribution in [0.4, 0.5) is 5.82 Å². The topological polar surface area (TPSA) is 52.6 Å². The van der Waals surface area contributed by atoms with Crippen molar-refractivity contribution >= 4 is 23.5 Å². The number of rotatable bonds is 9. The molecule has 1 saturated heterocycles. The number of thioether (sulfide) groups is 1. The molecule has 200 valence electrons. The van der Waals surface area contributed by atoms with Crippen molar-refractivity contribution in [3.8, 4) is 11.3 Å². The summed E-state index contributed by atoms with van der Waals surface area (Å²) in [5, 5.41) is 0.750. The van der Waals surface area contributed by atoms with Gasteiger partial charge in [0.05, 0.1) is 5.69 Å². The van der Waals surface area contributed by atoms with Gasteiger partial charge in [0, 0.05) is 69.3 Å². The monoisotopic (exact) mass is 537 g/mol. The zero-order valence-corrected chi connectivity index (χ0v) is 23.5. The van der Waals surface area contributed by atoms with Crippen LogP contribution < -0.4 is 4.90 Å². The van der Waals surface area contributed by atoms with Crippen LogP contribution in [0.1, 0.15) is 28.4 Å². The molecule has 1 aromatic heterocycles. The van der Waals surface area contributed by atoms with Gasteiger partial charge in [-0.05, 0) is 30.2 Å². The predicted molar refractivity (Wildman–Crippen MR) is 160 cm³/mol. The average molecular weight is 538 g/mol. The fourth-order valence-electron chi connectivity index (χ4n) is 4.68. The van der Waals surface area contributed by atoms with E-state index in [-0.39, 0.29) is 5.91 Å². The summed E-state index contributed by atoms with van der Waals surface area (Å²) in [6.45, 7) is 7.49. The molecule has 3 aromatic carbocycles. The van der Waals surface area contributed by atoms with Crippen molar-refractivity contribution < 1.29 is 4.79 Å². The molecule has 0 N–H and O–H groups in total. The summed E-state index contributed by atoms with van der Waals surface area (Å²) < 4.78 is 0. The maximum atomic E-state index is 12.6. The first kappa shape index (κ1) is 26.9. The molecule has 0 saturated carbocycles. The first-order valence-electron chi connectivity index (χ1n) is 13.5. The van der Waals surface area contributed by atoms with Gasteiger partial charge in [-0.2, -0.15) is 0 Å². The molecule has 0 spiro atoms. The third-order valence-corrected chi connectivity index (χ3v) is 7.99. The van der Waals surface area contributed by atoms with E-state index >= 15 is 0 Å². The Labute approximate surface area is 235 Å². The molecule has 2 heterocycles. The Hall–Kier alpha value is -3.68. The quantitative estimate of drug-likeness (QED) is 0.197. The summed E-state index contributed by atoms with van der Waals surface area (Å²) in [6, 6.07) is 31.0. The predicted octanol–water partition coefficient (Wildman–Crippen LogP) is 5.85. The molecular formula is C32H35N5OS. The number of carbonyl (C=O) groups excluding carboxylic acids is 1. The van der Waals surface area contributed by atoms with Gasteiger partial charge in [-0.3, -0.25) is 9.69 Å². The summed E-state index contributed by atoms with van der Waals surface area (Å²) in [4.78, 5) is 29.2. The van der Waals surface area contributed by atoms with Crippen molar-refractivity contribution in [3.63, 3.8) is 0 Å². The summed E-state index contributed by atoms with van der Waals surface area (Å²) in [5.41, 5.74) is 5.17. The van der Waals surface area contributed by atoms with Gasteiger partial charge in [-0.25, -0.2) is 9.97 Å². The minimum Gasteiger partial charge on any atom is -0.354 e. The number of carbonyl (C=O) groups is 1. The molecule has 1 fully saturated rings. The van der Waals surface area contributed by atoms with E-state index in [1.54, 1.807) is 16.7 Å². The first-order chi connectivity index (χ1) is 19.1. The molecule has 0 radical (unpaired) electrons. The molecule has 1 aliphatic heterocycles. The van der Waals surface area contributed by atoms with Gasteiger partial charge in [0.25, 0.3) is 5.91 Å². The van der Waals surface area contributed by atoms with Crippen LogP contribution in [0, 0.1) is 0 Å². The van der Waals surface area contributed by atoms with Crippen LogP contribution in [-0.4, -0.2) is 65.4 Å². The van der Waals surface area contributed by atoms with Crippen molar-refractivity contribution in [3.05, 3.63) is 108 Å². The van der Waals surface area contributed by atoms with E-state index < -0.39 is 0 Å². The molecule has 5 rings (SSSR count). The molecule has 0 unspecified atom stereocenters. The highest BCUT2D eigenvalue weighted by atomic mass is 32.2. The SMILES string of the molecule is CCN(C)C(=O)c1cccc(CSc2nc(-c3ccccc3)cc(N3CCN(Cc4ccccc4)CC3)n2)c1. The fourth-order valence-corrected chi connectivity index (χ4v) is 5.48. The molecular weight excluding hydrogens is 502 g/mol. The highest BCUT2D eigenvalue weighted by Crippen LogP contribution is 2.28. The number of benzene rings is 3. The lowest BCUT2D eigenvalue weighted by molar-refractivity contribution is 0.0802. The van der Waals surface area contributed by atoms with Crippen LogP contribution in [-0.2, 0) is 12.3 Å². The lowest BCUT2D eigenvalue weighted by Gasteiger charge is -2.35. The van der Waals surface area contributed by atoms with Gasteiger partial charge in [0.15, 0.2) is 5.16 Å². The van der Waals surface area contributed by atoms with Gasteiger partial charge in [-0.15, -0.1) is 0 Å². The van der Waals surface area contributed by atoms with Crippen LogP contribution in [0.3, 0.4) is 0 Å². The zero-order chi connectivity index (χ0) is 27.0. The minimum atomic E-state index is 0.0420. The molecule has 0 aliphatic carbocycles. The van der Waals surface area contributed by atoms with Crippen LogP contribution in [0.15, 0.2) is 96.2 Å². The number of piperazine rings is 1. The zero-order valence-electron chi connectivity index (χ0n) is 22.7. The molecule has 0 bridgehead atoms.